The molecule has 1 aromatic heterocycles. The summed E-state index contributed by atoms with van der Waals surface area (Å²) >= 11 is 1.99. The van der Waals surface area contributed by atoms with E-state index in [0.717, 1.165) is 12.8 Å². The summed E-state index contributed by atoms with van der Waals surface area (Å²) < 4.78 is 6.48. The second-order valence-electron chi connectivity index (χ2n) is 4.46. The van der Waals surface area contributed by atoms with Crippen molar-refractivity contribution in [3.8, 4) is 5.88 Å². The van der Waals surface area contributed by atoms with E-state index in [1.54, 1.807) is 0 Å². The van der Waals surface area contributed by atoms with Gasteiger partial charge in [0.15, 0.2) is 0 Å². The first-order valence-electron chi connectivity index (χ1n) is 6.12. The molecule has 1 heterocycles. The number of aromatic amines is 1. The minimum Gasteiger partial charge on any atom is -0.473 e. The van der Waals surface area contributed by atoms with Crippen molar-refractivity contribution in [1.29, 1.82) is 0 Å². The molecule has 17 heavy (non-hydrogen) atoms. The molecule has 2 atom stereocenters. The molecule has 1 N–H and O–H groups in total. The van der Waals surface area contributed by atoms with Crippen molar-refractivity contribution in [2.75, 3.05) is 0 Å². The summed E-state index contributed by atoms with van der Waals surface area (Å²) in [7, 11) is 0. The Morgan fingerprint density at radius 1 is 1.53 bits per heavy atom. The van der Waals surface area contributed by atoms with Crippen LogP contribution in [0.4, 0.5) is 0 Å². The Labute approximate surface area is 114 Å². The van der Waals surface area contributed by atoms with Gasteiger partial charge in [-0.3, -0.25) is 4.79 Å². The Hall–Kier alpha value is -0.590. The maximum absolute atomic E-state index is 11.4. The van der Waals surface area contributed by atoms with E-state index >= 15 is 0 Å². The number of ether oxygens (including phenoxy) is 1. The number of hydrogen-bond acceptors (Lipinski definition) is 3. The highest BCUT2D eigenvalue weighted by atomic mass is 127. The average molecular weight is 348 g/mol. The summed E-state index contributed by atoms with van der Waals surface area (Å²) in [5, 5.41) is 0. The number of halogens is 1. The van der Waals surface area contributed by atoms with E-state index in [1.165, 1.54) is 25.6 Å². The Balaban J connectivity index is 2.13. The lowest BCUT2D eigenvalue weighted by atomic mass is 9.85. The molecule has 0 radical (unpaired) electrons. The SMILES string of the molecule is CCC1CCCCC1Oc1nc[nH]c(=O)c1I. The van der Waals surface area contributed by atoms with Crippen LogP contribution in [0, 0.1) is 9.49 Å². The molecule has 1 aromatic rings. The van der Waals surface area contributed by atoms with Gasteiger partial charge in [0, 0.05) is 0 Å². The first-order chi connectivity index (χ1) is 8.22. The minimum absolute atomic E-state index is 0.126. The van der Waals surface area contributed by atoms with Crippen LogP contribution in [0.2, 0.25) is 0 Å². The molecule has 0 amide bonds. The highest BCUT2D eigenvalue weighted by Crippen LogP contribution is 2.30. The van der Waals surface area contributed by atoms with Gasteiger partial charge in [0.05, 0.1) is 6.33 Å². The molecule has 0 aliphatic heterocycles. The van der Waals surface area contributed by atoms with E-state index in [-0.39, 0.29) is 11.7 Å². The Morgan fingerprint density at radius 2 is 2.29 bits per heavy atom. The van der Waals surface area contributed by atoms with Gasteiger partial charge in [-0.1, -0.05) is 13.3 Å². The van der Waals surface area contributed by atoms with Crippen molar-refractivity contribution in [3.63, 3.8) is 0 Å². The van der Waals surface area contributed by atoms with Crippen LogP contribution in [0.15, 0.2) is 11.1 Å². The Kier molecular flexibility index (Phi) is 4.42. The van der Waals surface area contributed by atoms with Crippen LogP contribution in [-0.2, 0) is 0 Å². The molecule has 0 aromatic carbocycles. The van der Waals surface area contributed by atoms with Crippen LogP contribution in [0.25, 0.3) is 0 Å². The van der Waals surface area contributed by atoms with Crippen molar-refractivity contribution in [3.05, 3.63) is 20.3 Å². The Bertz CT molecular complexity index is 433. The Morgan fingerprint density at radius 3 is 3.06 bits per heavy atom. The van der Waals surface area contributed by atoms with Gasteiger partial charge in [0.1, 0.15) is 9.67 Å². The van der Waals surface area contributed by atoms with Gasteiger partial charge in [-0.25, -0.2) is 4.98 Å². The number of hydrogen-bond donors (Lipinski definition) is 1. The van der Waals surface area contributed by atoms with Gasteiger partial charge < -0.3 is 9.72 Å². The predicted octanol–water partition coefficient (Wildman–Crippen LogP) is 2.72. The van der Waals surface area contributed by atoms with Gasteiger partial charge in [-0.05, 0) is 54.2 Å². The van der Waals surface area contributed by atoms with Crippen LogP contribution in [-0.4, -0.2) is 16.1 Å². The number of H-pyrrole nitrogens is 1. The monoisotopic (exact) mass is 348 g/mol. The zero-order valence-corrected chi connectivity index (χ0v) is 12.1. The van der Waals surface area contributed by atoms with Crippen molar-refractivity contribution in [1.82, 2.24) is 9.97 Å². The third kappa shape index (κ3) is 3.00. The third-order valence-electron chi connectivity index (χ3n) is 3.39. The smallest absolute Gasteiger partial charge is 0.268 e. The molecular formula is C12H17IN2O2. The molecule has 5 heteroatoms. The summed E-state index contributed by atoms with van der Waals surface area (Å²) in [6.45, 7) is 2.20. The standard InChI is InChI=1S/C12H17IN2O2/c1-2-8-5-3-4-6-9(8)17-12-10(13)11(16)14-7-15-12/h7-9H,2-6H2,1H3,(H,14,15,16). The van der Waals surface area contributed by atoms with Crippen LogP contribution in [0.5, 0.6) is 5.88 Å². The lowest BCUT2D eigenvalue weighted by molar-refractivity contribution is 0.0846. The average Bonchev–Trinajstić information content (AvgIpc) is 2.35. The second-order valence-corrected chi connectivity index (χ2v) is 5.54. The quantitative estimate of drug-likeness (QED) is 0.855. The van der Waals surface area contributed by atoms with Gasteiger partial charge >= 0.3 is 0 Å². The summed E-state index contributed by atoms with van der Waals surface area (Å²) in [5.41, 5.74) is -0.126. The van der Waals surface area contributed by atoms with Gasteiger partial charge in [0.25, 0.3) is 5.56 Å². The lowest BCUT2D eigenvalue weighted by Crippen LogP contribution is -2.31. The molecule has 4 nitrogen and oxygen atoms in total. The highest BCUT2D eigenvalue weighted by molar-refractivity contribution is 14.1. The zero-order chi connectivity index (χ0) is 12.3. The van der Waals surface area contributed by atoms with Gasteiger partial charge in [-0.15, -0.1) is 0 Å². The molecule has 2 unspecified atom stereocenters. The molecule has 94 valence electrons. The first-order valence-corrected chi connectivity index (χ1v) is 7.20. The van der Waals surface area contributed by atoms with Crippen LogP contribution >= 0.6 is 22.6 Å². The fourth-order valence-corrected chi connectivity index (χ4v) is 2.81. The topological polar surface area (TPSA) is 55.0 Å². The molecule has 1 aliphatic carbocycles. The van der Waals surface area contributed by atoms with E-state index in [9.17, 15) is 4.79 Å². The number of aromatic nitrogens is 2. The summed E-state index contributed by atoms with van der Waals surface area (Å²) in [6.07, 6.45) is 7.55. The predicted molar refractivity (Wildman–Crippen MR) is 74.2 cm³/mol. The fraction of sp³-hybridized carbons (Fsp3) is 0.667. The van der Waals surface area contributed by atoms with E-state index in [1.807, 2.05) is 22.6 Å². The van der Waals surface area contributed by atoms with E-state index < -0.39 is 0 Å². The lowest BCUT2D eigenvalue weighted by Gasteiger charge is -2.30. The van der Waals surface area contributed by atoms with Crippen molar-refractivity contribution in [2.45, 2.75) is 45.1 Å². The van der Waals surface area contributed by atoms with Crippen molar-refractivity contribution >= 4 is 22.6 Å². The van der Waals surface area contributed by atoms with Crippen LogP contribution in [0.1, 0.15) is 39.0 Å². The zero-order valence-electron chi connectivity index (χ0n) is 9.91. The fourth-order valence-electron chi connectivity index (χ4n) is 2.39. The molecule has 1 fully saturated rings. The molecule has 0 bridgehead atoms. The minimum atomic E-state index is -0.126. The summed E-state index contributed by atoms with van der Waals surface area (Å²) in [4.78, 5) is 18.1. The largest absolute Gasteiger partial charge is 0.473 e. The van der Waals surface area contributed by atoms with E-state index in [4.69, 9.17) is 4.74 Å². The third-order valence-corrected chi connectivity index (χ3v) is 4.34. The number of rotatable bonds is 3. The van der Waals surface area contributed by atoms with Crippen LogP contribution in [0.3, 0.4) is 0 Å². The van der Waals surface area contributed by atoms with Crippen LogP contribution < -0.4 is 10.3 Å². The molecule has 2 rings (SSSR count). The van der Waals surface area contributed by atoms with Gasteiger partial charge in [0.2, 0.25) is 5.88 Å². The molecular weight excluding hydrogens is 331 g/mol. The van der Waals surface area contributed by atoms with E-state index in [2.05, 4.69) is 16.9 Å². The van der Waals surface area contributed by atoms with E-state index in [0.29, 0.717) is 15.4 Å². The first kappa shape index (κ1) is 12.9. The molecule has 0 saturated heterocycles. The highest BCUT2D eigenvalue weighted by Gasteiger charge is 2.26. The number of nitrogens with one attached hydrogen (secondary N) is 1. The second kappa shape index (κ2) is 5.84. The van der Waals surface area contributed by atoms with Crippen molar-refractivity contribution in [2.24, 2.45) is 5.92 Å². The maximum atomic E-state index is 11.4. The number of nitrogens with zero attached hydrogens (tertiary/aromatic N) is 1. The maximum Gasteiger partial charge on any atom is 0.268 e. The summed E-state index contributed by atoms with van der Waals surface area (Å²) in [6, 6.07) is 0. The van der Waals surface area contributed by atoms with Crippen molar-refractivity contribution < 1.29 is 4.74 Å². The normalized spacial score (nSPS) is 24.6. The molecule has 0 spiro atoms. The van der Waals surface area contributed by atoms with Gasteiger partial charge in [-0.2, -0.15) is 0 Å². The molecule has 1 saturated carbocycles. The summed E-state index contributed by atoms with van der Waals surface area (Å²) in [5.74, 6) is 1.08. The molecule has 1 aliphatic rings.